The number of carbonyl (C=O) groups is 4. The van der Waals surface area contributed by atoms with Crippen LogP contribution in [0.4, 0.5) is 0 Å². The van der Waals surface area contributed by atoms with Crippen LogP contribution in [-0.4, -0.2) is 39.6 Å². The van der Waals surface area contributed by atoms with Crippen molar-refractivity contribution in [3.8, 4) is 11.8 Å². The van der Waals surface area contributed by atoms with Crippen molar-refractivity contribution >= 4 is 35.2 Å². The Balaban J connectivity index is 1.38. The standard InChI is InChI=1S/C22H17ClN4O4/c23-18-6-2-13(10-24-18)3-7-19(28)25-11-14-1-4-16-15(9-14)12-27(22(16)31)17-5-8-20(29)26-21(17)30/h1-2,4,6,9-10,17H,5,8,11-12H2,(H,25,28)(H,26,29,30). The quantitative estimate of drug-likeness (QED) is 0.426. The number of piperidine rings is 1. The Kier molecular flexibility index (Phi) is 5.69. The van der Waals surface area contributed by atoms with E-state index in [-0.39, 0.29) is 31.3 Å². The lowest BCUT2D eigenvalue weighted by Crippen LogP contribution is -2.52. The number of benzene rings is 1. The van der Waals surface area contributed by atoms with Gasteiger partial charge < -0.3 is 10.2 Å². The van der Waals surface area contributed by atoms with Crippen LogP contribution in [0.15, 0.2) is 36.5 Å². The van der Waals surface area contributed by atoms with Crippen LogP contribution in [0.25, 0.3) is 0 Å². The Morgan fingerprint density at radius 2 is 2.10 bits per heavy atom. The summed E-state index contributed by atoms with van der Waals surface area (Å²) in [6, 6.07) is 7.88. The summed E-state index contributed by atoms with van der Waals surface area (Å²) in [5.41, 5.74) is 2.68. The van der Waals surface area contributed by atoms with Crippen molar-refractivity contribution in [3.05, 3.63) is 63.9 Å². The molecule has 1 fully saturated rings. The molecule has 0 radical (unpaired) electrons. The third kappa shape index (κ3) is 4.57. The summed E-state index contributed by atoms with van der Waals surface area (Å²) < 4.78 is 0. The van der Waals surface area contributed by atoms with E-state index in [0.29, 0.717) is 22.7 Å². The third-order valence-corrected chi connectivity index (χ3v) is 5.31. The molecule has 8 nitrogen and oxygen atoms in total. The van der Waals surface area contributed by atoms with Gasteiger partial charge in [-0.1, -0.05) is 29.7 Å². The van der Waals surface area contributed by atoms with Crippen molar-refractivity contribution in [1.82, 2.24) is 20.5 Å². The van der Waals surface area contributed by atoms with Crippen LogP contribution < -0.4 is 10.6 Å². The molecule has 0 spiro atoms. The van der Waals surface area contributed by atoms with Crippen LogP contribution in [0.1, 0.15) is 39.9 Å². The maximum Gasteiger partial charge on any atom is 0.296 e. The van der Waals surface area contributed by atoms with Gasteiger partial charge in [-0.15, -0.1) is 0 Å². The van der Waals surface area contributed by atoms with E-state index in [9.17, 15) is 19.2 Å². The van der Waals surface area contributed by atoms with Crippen LogP contribution in [0.3, 0.4) is 0 Å². The lowest BCUT2D eigenvalue weighted by Gasteiger charge is -2.29. The summed E-state index contributed by atoms with van der Waals surface area (Å²) >= 11 is 5.71. The second kappa shape index (κ2) is 8.58. The smallest absolute Gasteiger partial charge is 0.296 e. The lowest BCUT2D eigenvalue weighted by atomic mass is 10.0. The number of imide groups is 1. The summed E-state index contributed by atoms with van der Waals surface area (Å²) in [7, 11) is 0. The van der Waals surface area contributed by atoms with Gasteiger partial charge in [0.2, 0.25) is 11.8 Å². The molecule has 1 aromatic carbocycles. The van der Waals surface area contributed by atoms with Crippen molar-refractivity contribution in [1.29, 1.82) is 0 Å². The number of pyridine rings is 1. The SMILES string of the molecule is O=C(C#Cc1ccc(Cl)nc1)NCc1ccc2c(c1)CN(C1CCC(=O)NC1=O)C2=O. The highest BCUT2D eigenvalue weighted by molar-refractivity contribution is 6.29. The van der Waals surface area contributed by atoms with Crippen LogP contribution in [0.2, 0.25) is 5.15 Å². The molecular formula is C22H17ClN4O4. The summed E-state index contributed by atoms with van der Waals surface area (Å²) in [5, 5.41) is 5.34. The molecule has 9 heteroatoms. The van der Waals surface area contributed by atoms with Gasteiger partial charge in [0.1, 0.15) is 11.2 Å². The number of nitrogens with zero attached hydrogens (tertiary/aromatic N) is 2. The first-order valence-corrected chi connectivity index (χ1v) is 9.96. The maximum absolute atomic E-state index is 12.7. The van der Waals surface area contributed by atoms with Gasteiger partial charge in [-0.2, -0.15) is 0 Å². The Bertz CT molecular complexity index is 1150. The number of amides is 4. The summed E-state index contributed by atoms with van der Waals surface area (Å²) in [4.78, 5) is 53.6. The van der Waals surface area contributed by atoms with Crippen molar-refractivity contribution in [3.63, 3.8) is 0 Å². The fourth-order valence-corrected chi connectivity index (χ4v) is 3.65. The second-order valence-corrected chi connectivity index (χ2v) is 7.58. The van der Waals surface area contributed by atoms with E-state index in [1.807, 2.05) is 6.07 Å². The first kappa shape index (κ1) is 20.6. The van der Waals surface area contributed by atoms with Gasteiger partial charge in [-0.3, -0.25) is 24.5 Å². The van der Waals surface area contributed by atoms with Gasteiger partial charge in [0.15, 0.2) is 0 Å². The molecule has 0 saturated carbocycles. The van der Waals surface area contributed by atoms with E-state index in [4.69, 9.17) is 11.6 Å². The Morgan fingerprint density at radius 1 is 1.26 bits per heavy atom. The number of hydrogen-bond donors (Lipinski definition) is 2. The van der Waals surface area contributed by atoms with E-state index < -0.39 is 17.9 Å². The van der Waals surface area contributed by atoms with Gasteiger partial charge in [-0.25, -0.2) is 4.98 Å². The number of rotatable bonds is 3. The molecule has 0 bridgehead atoms. The first-order valence-electron chi connectivity index (χ1n) is 9.58. The van der Waals surface area contributed by atoms with Crippen molar-refractivity contribution in [2.45, 2.75) is 32.0 Å². The minimum atomic E-state index is -0.654. The third-order valence-electron chi connectivity index (χ3n) is 5.09. The molecule has 4 rings (SSSR count). The van der Waals surface area contributed by atoms with E-state index >= 15 is 0 Å². The van der Waals surface area contributed by atoms with Crippen molar-refractivity contribution in [2.24, 2.45) is 0 Å². The molecule has 2 aromatic rings. The summed E-state index contributed by atoms with van der Waals surface area (Å²) in [5.74, 6) is 3.75. The molecule has 2 aliphatic heterocycles. The molecule has 0 aliphatic carbocycles. The average Bonchev–Trinajstić information content (AvgIpc) is 3.07. The Morgan fingerprint density at radius 3 is 2.84 bits per heavy atom. The fourth-order valence-electron chi connectivity index (χ4n) is 3.54. The molecule has 3 heterocycles. The van der Waals surface area contributed by atoms with Crippen LogP contribution >= 0.6 is 11.6 Å². The van der Waals surface area contributed by atoms with Gasteiger partial charge in [-0.05, 0) is 35.7 Å². The zero-order chi connectivity index (χ0) is 22.0. The van der Waals surface area contributed by atoms with Crippen LogP contribution in [-0.2, 0) is 27.5 Å². The van der Waals surface area contributed by atoms with Crippen molar-refractivity contribution in [2.75, 3.05) is 0 Å². The number of nitrogens with one attached hydrogen (secondary N) is 2. The normalized spacial score (nSPS) is 17.5. The van der Waals surface area contributed by atoms with Crippen LogP contribution in [0, 0.1) is 11.8 Å². The highest BCUT2D eigenvalue weighted by Crippen LogP contribution is 2.28. The number of halogens is 1. The number of hydrogen-bond acceptors (Lipinski definition) is 5. The molecule has 31 heavy (non-hydrogen) atoms. The van der Waals surface area contributed by atoms with Crippen molar-refractivity contribution < 1.29 is 19.2 Å². The zero-order valence-electron chi connectivity index (χ0n) is 16.3. The van der Waals surface area contributed by atoms with E-state index in [0.717, 1.165) is 11.1 Å². The monoisotopic (exact) mass is 436 g/mol. The molecule has 4 amide bonds. The zero-order valence-corrected chi connectivity index (χ0v) is 17.0. The molecular weight excluding hydrogens is 420 g/mol. The summed E-state index contributed by atoms with van der Waals surface area (Å²) in [6.07, 6.45) is 2.00. The van der Waals surface area contributed by atoms with Gasteiger partial charge >= 0.3 is 0 Å². The van der Waals surface area contributed by atoms with E-state index in [2.05, 4.69) is 27.5 Å². The predicted octanol–water partition coefficient (Wildman–Crippen LogP) is 1.16. The number of carbonyl (C=O) groups excluding carboxylic acids is 4. The summed E-state index contributed by atoms with van der Waals surface area (Å²) in [6.45, 7) is 0.526. The molecule has 1 atom stereocenters. The van der Waals surface area contributed by atoms with Gasteiger partial charge in [0, 0.05) is 42.8 Å². The molecule has 1 aromatic heterocycles. The fraction of sp³-hybridized carbons (Fsp3) is 0.227. The largest absolute Gasteiger partial charge is 0.341 e. The Hall–Kier alpha value is -3.70. The van der Waals surface area contributed by atoms with Crippen LogP contribution in [0.5, 0.6) is 0 Å². The average molecular weight is 437 g/mol. The second-order valence-electron chi connectivity index (χ2n) is 7.19. The topological polar surface area (TPSA) is 108 Å². The van der Waals surface area contributed by atoms with E-state index in [1.165, 1.54) is 11.1 Å². The molecule has 2 aliphatic rings. The minimum absolute atomic E-state index is 0.209. The number of fused-ring (bicyclic) bond motifs is 1. The molecule has 1 saturated heterocycles. The highest BCUT2D eigenvalue weighted by Gasteiger charge is 2.38. The Labute approximate surface area is 183 Å². The number of aromatic nitrogens is 1. The maximum atomic E-state index is 12.7. The molecule has 1 unspecified atom stereocenters. The molecule has 156 valence electrons. The highest BCUT2D eigenvalue weighted by atomic mass is 35.5. The first-order chi connectivity index (χ1) is 14.9. The lowest BCUT2D eigenvalue weighted by molar-refractivity contribution is -0.137. The van der Waals surface area contributed by atoms with Gasteiger partial charge in [0.05, 0.1) is 0 Å². The van der Waals surface area contributed by atoms with Gasteiger partial charge in [0.25, 0.3) is 11.8 Å². The molecule has 2 N–H and O–H groups in total. The minimum Gasteiger partial charge on any atom is -0.341 e. The van der Waals surface area contributed by atoms with E-state index in [1.54, 1.807) is 24.3 Å². The predicted molar refractivity (Wildman–Crippen MR) is 110 cm³/mol.